The molecule has 6 nitrogen and oxygen atoms in total. The molecule has 0 radical (unpaired) electrons. The predicted molar refractivity (Wildman–Crippen MR) is 104 cm³/mol. The molecular weight excluding hydrogens is 368 g/mol. The first-order valence-corrected chi connectivity index (χ1v) is 11.4. The number of pyridine rings is 1. The molecule has 0 spiro atoms. The Labute approximate surface area is 157 Å². The van der Waals surface area contributed by atoms with Gasteiger partial charge in [0.25, 0.3) is 0 Å². The largest absolute Gasteiger partial charge is 0.220 e. The van der Waals surface area contributed by atoms with Gasteiger partial charge in [0.1, 0.15) is 0 Å². The van der Waals surface area contributed by atoms with Crippen molar-refractivity contribution in [3.8, 4) is 10.4 Å². The quantitative estimate of drug-likeness (QED) is 0.670. The van der Waals surface area contributed by atoms with Crippen molar-refractivity contribution in [3.63, 3.8) is 0 Å². The van der Waals surface area contributed by atoms with E-state index in [0.717, 1.165) is 29.9 Å². The van der Waals surface area contributed by atoms with Gasteiger partial charge in [-0.3, -0.25) is 0 Å². The van der Waals surface area contributed by atoms with Crippen LogP contribution in [0.15, 0.2) is 35.8 Å². The summed E-state index contributed by atoms with van der Waals surface area (Å²) in [6.07, 6.45) is 4.41. The van der Waals surface area contributed by atoms with Crippen molar-refractivity contribution < 1.29 is 8.42 Å². The van der Waals surface area contributed by atoms with Gasteiger partial charge in [-0.1, -0.05) is 13.0 Å². The fraction of sp³-hybridized carbons (Fsp3) is 0.444. The molecule has 0 amide bonds. The van der Waals surface area contributed by atoms with Gasteiger partial charge in [0.05, 0.1) is 5.75 Å². The number of aromatic nitrogens is 3. The number of nitrogens with zero attached hydrogens (tertiary/aromatic N) is 4. The van der Waals surface area contributed by atoms with Crippen molar-refractivity contribution in [2.45, 2.75) is 32.1 Å². The summed E-state index contributed by atoms with van der Waals surface area (Å²) < 4.78 is 28.2. The average molecular weight is 391 g/mol. The second-order valence-corrected chi connectivity index (χ2v) is 9.72. The molecule has 0 bridgehead atoms. The third-order valence-electron chi connectivity index (χ3n) is 4.76. The fourth-order valence-corrected chi connectivity index (χ4v) is 5.76. The molecule has 138 valence electrons. The molecule has 0 N–H and O–H groups in total. The Bertz CT molecular complexity index is 996. The van der Waals surface area contributed by atoms with Crippen molar-refractivity contribution in [1.82, 2.24) is 18.9 Å². The zero-order chi connectivity index (χ0) is 18.1. The summed E-state index contributed by atoms with van der Waals surface area (Å²) in [6.45, 7) is 2.99. The van der Waals surface area contributed by atoms with Crippen molar-refractivity contribution >= 4 is 27.0 Å². The molecule has 3 aromatic rings. The molecule has 26 heavy (non-hydrogen) atoms. The van der Waals surface area contributed by atoms with E-state index in [9.17, 15) is 8.42 Å². The summed E-state index contributed by atoms with van der Waals surface area (Å²) in [5.41, 5.74) is 1.91. The summed E-state index contributed by atoms with van der Waals surface area (Å²) in [5, 5.41) is 6.71. The van der Waals surface area contributed by atoms with E-state index in [2.05, 4.69) is 27.6 Å². The zero-order valence-corrected chi connectivity index (χ0v) is 16.3. The van der Waals surface area contributed by atoms with Gasteiger partial charge in [-0.2, -0.15) is 5.10 Å². The first-order chi connectivity index (χ1) is 12.6. The maximum atomic E-state index is 12.4. The normalized spacial score (nSPS) is 19.2. The van der Waals surface area contributed by atoms with Crippen LogP contribution in [0.3, 0.4) is 0 Å². The molecule has 3 aromatic heterocycles. The number of hydrogen-bond acceptors (Lipinski definition) is 5. The molecule has 1 fully saturated rings. The van der Waals surface area contributed by atoms with Crippen LogP contribution in [-0.4, -0.2) is 46.2 Å². The minimum atomic E-state index is -3.17. The Balaban J connectivity index is 1.60. The van der Waals surface area contributed by atoms with Gasteiger partial charge in [-0.15, -0.1) is 11.3 Å². The summed E-state index contributed by atoms with van der Waals surface area (Å²) in [6, 6.07) is 8.14. The van der Waals surface area contributed by atoms with Gasteiger partial charge in [-0.25, -0.2) is 22.2 Å². The summed E-state index contributed by atoms with van der Waals surface area (Å²) in [4.78, 5) is 5.85. The van der Waals surface area contributed by atoms with E-state index >= 15 is 0 Å². The lowest BCUT2D eigenvalue weighted by atomic mass is 9.99. The smallest absolute Gasteiger partial charge is 0.214 e. The molecule has 8 heteroatoms. The standard InChI is InChI=1S/C18H22N4O2S2/c1-2-11-26(23,24)21-9-3-5-15(12-21)18-19-17-8-7-14(13-22(17)20-18)16-6-4-10-25-16/h4,6-8,10,13,15H,2-3,5,9,11-12H2,1H3/t15-/m1/s1. The van der Waals surface area contributed by atoms with Gasteiger partial charge < -0.3 is 0 Å². The molecule has 0 aromatic carbocycles. The molecule has 1 saturated heterocycles. The molecule has 1 aliphatic rings. The maximum absolute atomic E-state index is 12.4. The molecule has 4 heterocycles. The average Bonchev–Trinajstić information content (AvgIpc) is 3.31. The van der Waals surface area contributed by atoms with E-state index in [-0.39, 0.29) is 11.7 Å². The third kappa shape index (κ3) is 3.41. The first-order valence-electron chi connectivity index (χ1n) is 8.95. The molecule has 0 aliphatic carbocycles. The number of thiophene rings is 1. The van der Waals surface area contributed by atoms with Gasteiger partial charge in [-0.05, 0) is 42.8 Å². The van der Waals surface area contributed by atoms with Gasteiger partial charge in [0.2, 0.25) is 10.0 Å². The maximum Gasteiger partial charge on any atom is 0.214 e. The highest BCUT2D eigenvalue weighted by Crippen LogP contribution is 2.28. The van der Waals surface area contributed by atoms with E-state index in [1.165, 1.54) is 4.88 Å². The molecule has 4 rings (SSSR count). The van der Waals surface area contributed by atoms with Crippen LogP contribution in [-0.2, 0) is 10.0 Å². The van der Waals surface area contributed by atoms with Crippen molar-refractivity contribution in [2.24, 2.45) is 0 Å². The lowest BCUT2D eigenvalue weighted by molar-refractivity contribution is 0.309. The van der Waals surface area contributed by atoms with Crippen LogP contribution in [0.25, 0.3) is 16.1 Å². The van der Waals surface area contributed by atoms with Crippen molar-refractivity contribution in [3.05, 3.63) is 41.7 Å². The highest BCUT2D eigenvalue weighted by molar-refractivity contribution is 7.89. The highest BCUT2D eigenvalue weighted by Gasteiger charge is 2.31. The van der Waals surface area contributed by atoms with Gasteiger partial charge in [0.15, 0.2) is 11.5 Å². The molecular formula is C18H22N4O2S2. The van der Waals surface area contributed by atoms with Crippen LogP contribution in [0, 0.1) is 0 Å². The first kappa shape index (κ1) is 17.6. The van der Waals surface area contributed by atoms with E-state index < -0.39 is 10.0 Å². The number of fused-ring (bicyclic) bond motifs is 1. The number of piperidine rings is 1. The Kier molecular flexibility index (Phi) is 4.81. The van der Waals surface area contributed by atoms with Gasteiger partial charge in [0, 0.05) is 35.6 Å². The van der Waals surface area contributed by atoms with Crippen LogP contribution in [0.2, 0.25) is 0 Å². The predicted octanol–water partition coefficient (Wildman–Crippen LogP) is 3.38. The monoisotopic (exact) mass is 390 g/mol. The Morgan fingerprint density at radius 1 is 1.31 bits per heavy atom. The Hall–Kier alpha value is -1.77. The van der Waals surface area contributed by atoms with E-state index in [4.69, 9.17) is 0 Å². The number of hydrogen-bond donors (Lipinski definition) is 0. The summed E-state index contributed by atoms with van der Waals surface area (Å²) >= 11 is 1.69. The topological polar surface area (TPSA) is 67.6 Å². The van der Waals surface area contributed by atoms with Crippen molar-refractivity contribution in [1.29, 1.82) is 0 Å². The van der Waals surface area contributed by atoms with Gasteiger partial charge >= 0.3 is 0 Å². The van der Waals surface area contributed by atoms with Crippen LogP contribution >= 0.6 is 11.3 Å². The van der Waals surface area contributed by atoms with Crippen LogP contribution in [0.4, 0.5) is 0 Å². The molecule has 1 aliphatic heterocycles. The summed E-state index contributed by atoms with van der Waals surface area (Å²) in [7, 11) is -3.17. The fourth-order valence-electron chi connectivity index (χ4n) is 3.45. The lowest BCUT2D eigenvalue weighted by Gasteiger charge is -2.30. The van der Waals surface area contributed by atoms with Crippen LogP contribution in [0.5, 0.6) is 0 Å². The van der Waals surface area contributed by atoms with Crippen LogP contribution in [0.1, 0.15) is 37.9 Å². The Morgan fingerprint density at radius 2 is 2.19 bits per heavy atom. The second-order valence-electron chi connectivity index (χ2n) is 6.68. The van der Waals surface area contributed by atoms with E-state index in [1.54, 1.807) is 15.6 Å². The minimum Gasteiger partial charge on any atom is -0.220 e. The molecule has 1 atom stereocenters. The van der Waals surface area contributed by atoms with E-state index in [1.807, 2.05) is 29.8 Å². The zero-order valence-electron chi connectivity index (χ0n) is 14.7. The second kappa shape index (κ2) is 7.09. The number of rotatable bonds is 5. The molecule has 0 unspecified atom stereocenters. The van der Waals surface area contributed by atoms with Crippen LogP contribution < -0.4 is 0 Å². The minimum absolute atomic E-state index is 0.0560. The number of sulfonamides is 1. The SMILES string of the molecule is CCCS(=O)(=O)N1CCC[C@@H](c2nc3ccc(-c4cccs4)cn3n2)C1. The summed E-state index contributed by atoms with van der Waals surface area (Å²) in [5.74, 6) is 1.01. The highest BCUT2D eigenvalue weighted by atomic mass is 32.2. The Morgan fingerprint density at radius 3 is 2.96 bits per heavy atom. The molecule has 0 saturated carbocycles. The third-order valence-corrected chi connectivity index (χ3v) is 7.72. The lowest BCUT2D eigenvalue weighted by Crippen LogP contribution is -2.40. The van der Waals surface area contributed by atoms with E-state index in [0.29, 0.717) is 19.5 Å². The van der Waals surface area contributed by atoms with Crippen molar-refractivity contribution in [2.75, 3.05) is 18.8 Å².